The van der Waals surface area contributed by atoms with Crippen molar-refractivity contribution < 1.29 is 14.3 Å². The molecule has 0 fully saturated rings. The van der Waals surface area contributed by atoms with E-state index in [0.717, 1.165) is 11.1 Å². The summed E-state index contributed by atoms with van der Waals surface area (Å²) < 4.78 is 5.39. The molecule has 2 N–H and O–H groups in total. The highest BCUT2D eigenvalue weighted by atomic mass is 16.3. The minimum atomic E-state index is -0.994. The molecule has 0 spiro atoms. The van der Waals surface area contributed by atoms with Crippen LogP contribution >= 0.6 is 0 Å². The molecule has 90 valence electrons. The number of aliphatic hydroxyl groups excluding tert-OH is 1. The van der Waals surface area contributed by atoms with Crippen LogP contribution in [0.25, 0.3) is 11.1 Å². The third kappa shape index (κ3) is 2.62. The highest BCUT2D eigenvalue weighted by Crippen LogP contribution is 2.16. The van der Waals surface area contributed by atoms with Gasteiger partial charge in [-0.15, -0.1) is 0 Å². The number of aryl methyl sites for hydroxylation is 1. The predicted molar refractivity (Wildman–Crippen MR) is 62.3 cm³/mol. The van der Waals surface area contributed by atoms with Gasteiger partial charge < -0.3 is 14.8 Å². The molecule has 1 unspecified atom stereocenters. The normalized spacial score (nSPS) is 12.6. The van der Waals surface area contributed by atoms with E-state index in [-0.39, 0.29) is 5.91 Å². The van der Waals surface area contributed by atoms with Gasteiger partial charge in [-0.3, -0.25) is 4.79 Å². The molecule has 17 heavy (non-hydrogen) atoms. The maximum Gasteiger partial charge on any atom is 0.248 e. The van der Waals surface area contributed by atoms with Crippen molar-refractivity contribution in [3.8, 4) is 0 Å². The molecule has 5 nitrogen and oxygen atoms in total. The first kappa shape index (κ1) is 11.6. The van der Waals surface area contributed by atoms with Crippen LogP contribution in [-0.2, 0) is 11.3 Å². The number of carbonyl (C=O) groups is 1. The van der Waals surface area contributed by atoms with Gasteiger partial charge >= 0.3 is 0 Å². The van der Waals surface area contributed by atoms with Crippen molar-refractivity contribution in [1.29, 1.82) is 0 Å². The van der Waals surface area contributed by atoms with Crippen LogP contribution < -0.4 is 5.32 Å². The van der Waals surface area contributed by atoms with Crippen LogP contribution in [0, 0.1) is 6.92 Å². The number of aromatic nitrogens is 1. The third-order valence-electron chi connectivity index (χ3n) is 2.41. The first-order chi connectivity index (χ1) is 8.06. The Morgan fingerprint density at radius 2 is 2.35 bits per heavy atom. The fourth-order valence-electron chi connectivity index (χ4n) is 1.53. The fourth-order valence-corrected chi connectivity index (χ4v) is 1.53. The lowest BCUT2D eigenvalue weighted by molar-refractivity contribution is -0.128. The summed E-state index contributed by atoms with van der Waals surface area (Å²) in [5.74, 6) is 0.226. The number of oxazole rings is 1. The van der Waals surface area contributed by atoms with Crippen LogP contribution in [-0.4, -0.2) is 22.1 Å². The van der Waals surface area contributed by atoms with Crippen LogP contribution in [0.3, 0.4) is 0 Å². The topological polar surface area (TPSA) is 75.4 Å². The Labute approximate surface area is 98.5 Å². The van der Waals surface area contributed by atoms with Crippen molar-refractivity contribution in [2.45, 2.75) is 26.5 Å². The second-order valence-corrected chi connectivity index (χ2v) is 3.93. The van der Waals surface area contributed by atoms with Crippen LogP contribution in [0.15, 0.2) is 22.6 Å². The maximum atomic E-state index is 11.2. The number of fused-ring (bicyclic) bond motifs is 1. The number of rotatable bonds is 3. The van der Waals surface area contributed by atoms with Gasteiger partial charge in [0.1, 0.15) is 11.6 Å². The zero-order valence-electron chi connectivity index (χ0n) is 9.73. The Bertz CT molecular complexity index is 546. The van der Waals surface area contributed by atoms with Gasteiger partial charge in [0, 0.05) is 13.5 Å². The van der Waals surface area contributed by atoms with Gasteiger partial charge in [-0.05, 0) is 24.6 Å². The maximum absolute atomic E-state index is 11.2. The molecule has 2 aromatic rings. The van der Waals surface area contributed by atoms with Gasteiger partial charge in [-0.1, -0.05) is 6.07 Å². The van der Waals surface area contributed by atoms with E-state index in [1.54, 1.807) is 6.92 Å². The van der Waals surface area contributed by atoms with E-state index in [4.69, 9.17) is 9.52 Å². The molecule has 1 amide bonds. The molecule has 0 saturated heterocycles. The summed E-state index contributed by atoms with van der Waals surface area (Å²) >= 11 is 0. The van der Waals surface area contributed by atoms with Crippen molar-refractivity contribution in [2.75, 3.05) is 0 Å². The second kappa shape index (κ2) is 4.55. The summed E-state index contributed by atoms with van der Waals surface area (Å²) in [6.45, 7) is 3.58. The van der Waals surface area contributed by atoms with E-state index in [1.165, 1.54) is 6.92 Å². The average molecular weight is 234 g/mol. The lowest BCUT2D eigenvalue weighted by atomic mass is 10.2. The number of hydrogen-bond donors (Lipinski definition) is 2. The summed E-state index contributed by atoms with van der Waals surface area (Å²) in [7, 11) is 0. The SMILES string of the molecule is Cc1nc2ccc(CNC(=O)C(C)O)cc2o1. The van der Waals surface area contributed by atoms with Crippen molar-refractivity contribution in [2.24, 2.45) is 0 Å². The van der Waals surface area contributed by atoms with Gasteiger partial charge in [-0.25, -0.2) is 4.98 Å². The first-order valence-electron chi connectivity index (χ1n) is 5.38. The minimum Gasteiger partial charge on any atom is -0.441 e. The number of amides is 1. The third-order valence-corrected chi connectivity index (χ3v) is 2.41. The molecule has 0 radical (unpaired) electrons. The van der Waals surface area contributed by atoms with Crippen molar-refractivity contribution in [3.05, 3.63) is 29.7 Å². The molecular weight excluding hydrogens is 220 g/mol. The zero-order valence-corrected chi connectivity index (χ0v) is 9.73. The Morgan fingerprint density at radius 1 is 1.59 bits per heavy atom. The predicted octanol–water partition coefficient (Wildman–Crippen LogP) is 1.13. The van der Waals surface area contributed by atoms with Crippen molar-refractivity contribution in [1.82, 2.24) is 10.3 Å². The van der Waals surface area contributed by atoms with E-state index in [0.29, 0.717) is 18.0 Å². The number of aliphatic hydroxyl groups is 1. The van der Waals surface area contributed by atoms with Crippen LogP contribution in [0.1, 0.15) is 18.4 Å². The van der Waals surface area contributed by atoms with E-state index in [2.05, 4.69) is 10.3 Å². The number of nitrogens with one attached hydrogen (secondary N) is 1. The Balaban J connectivity index is 2.11. The van der Waals surface area contributed by atoms with E-state index in [1.807, 2.05) is 18.2 Å². The number of benzene rings is 1. The minimum absolute atomic E-state index is 0.361. The molecule has 1 atom stereocenters. The molecule has 5 heteroatoms. The van der Waals surface area contributed by atoms with Crippen molar-refractivity contribution in [3.63, 3.8) is 0 Å². The molecule has 1 aromatic heterocycles. The molecule has 0 aliphatic rings. The largest absolute Gasteiger partial charge is 0.441 e. The Hall–Kier alpha value is -1.88. The van der Waals surface area contributed by atoms with Crippen LogP contribution in [0.4, 0.5) is 0 Å². The lowest BCUT2D eigenvalue weighted by Gasteiger charge is -2.06. The smallest absolute Gasteiger partial charge is 0.248 e. The van der Waals surface area contributed by atoms with E-state index < -0.39 is 6.10 Å². The monoisotopic (exact) mass is 234 g/mol. The molecule has 1 aromatic carbocycles. The van der Waals surface area contributed by atoms with Gasteiger partial charge in [0.25, 0.3) is 0 Å². The zero-order chi connectivity index (χ0) is 12.4. The van der Waals surface area contributed by atoms with E-state index in [9.17, 15) is 4.79 Å². The van der Waals surface area contributed by atoms with Crippen LogP contribution in [0.5, 0.6) is 0 Å². The summed E-state index contributed by atoms with van der Waals surface area (Å²) in [4.78, 5) is 15.4. The molecule has 0 saturated carbocycles. The molecule has 2 rings (SSSR count). The highest BCUT2D eigenvalue weighted by molar-refractivity contribution is 5.80. The lowest BCUT2D eigenvalue weighted by Crippen LogP contribution is -2.31. The van der Waals surface area contributed by atoms with Gasteiger partial charge in [0.2, 0.25) is 5.91 Å². The average Bonchev–Trinajstić information content (AvgIpc) is 2.64. The second-order valence-electron chi connectivity index (χ2n) is 3.93. The summed E-state index contributed by atoms with van der Waals surface area (Å²) in [6, 6.07) is 5.54. The standard InChI is InChI=1S/C12H14N2O3/c1-7(15)12(16)13-6-9-3-4-10-11(5-9)17-8(2)14-10/h3-5,7,15H,6H2,1-2H3,(H,13,16). The summed E-state index contributed by atoms with van der Waals surface area (Å²) in [6.07, 6.45) is -0.994. The van der Waals surface area contributed by atoms with Crippen molar-refractivity contribution >= 4 is 17.0 Å². The number of hydrogen-bond acceptors (Lipinski definition) is 4. The summed E-state index contributed by atoms with van der Waals surface area (Å²) in [5, 5.41) is 11.7. The van der Waals surface area contributed by atoms with E-state index >= 15 is 0 Å². The number of carbonyl (C=O) groups excluding carboxylic acids is 1. The molecule has 1 heterocycles. The molecule has 0 bridgehead atoms. The fraction of sp³-hybridized carbons (Fsp3) is 0.333. The van der Waals surface area contributed by atoms with Gasteiger partial charge in [0.15, 0.2) is 11.5 Å². The highest BCUT2D eigenvalue weighted by Gasteiger charge is 2.08. The van der Waals surface area contributed by atoms with Gasteiger partial charge in [0.05, 0.1) is 0 Å². The quantitative estimate of drug-likeness (QED) is 0.834. The first-order valence-corrected chi connectivity index (χ1v) is 5.38. The Kier molecular flexibility index (Phi) is 3.10. The van der Waals surface area contributed by atoms with Crippen LogP contribution in [0.2, 0.25) is 0 Å². The molecule has 0 aliphatic heterocycles. The van der Waals surface area contributed by atoms with Gasteiger partial charge in [-0.2, -0.15) is 0 Å². The molecule has 0 aliphatic carbocycles. The summed E-state index contributed by atoms with van der Waals surface area (Å²) in [5.41, 5.74) is 2.40. The number of nitrogens with zero attached hydrogens (tertiary/aromatic N) is 1. The Morgan fingerprint density at radius 3 is 3.06 bits per heavy atom. The molecular formula is C12H14N2O3.